The van der Waals surface area contributed by atoms with Crippen LogP contribution < -0.4 is 0 Å². The first-order chi connectivity index (χ1) is 18.9. The molecule has 0 aromatic carbocycles. The van der Waals surface area contributed by atoms with Gasteiger partial charge in [-0.25, -0.2) is 0 Å². The fraction of sp³-hybridized carbons (Fsp3) is 0.679. The number of allylic oxidation sites excluding steroid dienone is 2. The maximum atomic E-state index is 12.9. The number of fused-ring (bicyclic) bond motifs is 2. The number of hydrogen-bond donors (Lipinski definition) is 2. The molecular formula is C28H37ClO12. The minimum absolute atomic E-state index is 0.111. The van der Waals surface area contributed by atoms with E-state index in [-0.39, 0.29) is 12.3 Å². The zero-order chi connectivity index (χ0) is 31.1. The lowest BCUT2D eigenvalue weighted by molar-refractivity contribution is -0.286. The van der Waals surface area contributed by atoms with Crippen LogP contribution in [0.3, 0.4) is 0 Å². The normalized spacial score (nSPS) is 42.2. The monoisotopic (exact) mass is 600 g/mol. The van der Waals surface area contributed by atoms with E-state index in [4.69, 9.17) is 35.3 Å². The zero-order valence-corrected chi connectivity index (χ0v) is 24.8. The molecular weight excluding hydrogens is 564 g/mol. The van der Waals surface area contributed by atoms with Crippen molar-refractivity contribution >= 4 is 41.4 Å². The Morgan fingerprint density at radius 1 is 0.951 bits per heavy atom. The Bertz CT molecular complexity index is 1160. The Labute approximate surface area is 242 Å². The van der Waals surface area contributed by atoms with Gasteiger partial charge in [-0.3, -0.25) is 24.0 Å². The Balaban J connectivity index is 2.50. The van der Waals surface area contributed by atoms with Gasteiger partial charge < -0.3 is 33.9 Å². The molecule has 0 amide bonds. The van der Waals surface area contributed by atoms with Crippen molar-refractivity contribution < 1.29 is 57.9 Å². The van der Waals surface area contributed by atoms with Crippen molar-refractivity contribution in [3.8, 4) is 0 Å². The summed E-state index contributed by atoms with van der Waals surface area (Å²) in [6, 6.07) is 0. The fourth-order valence-corrected chi connectivity index (χ4v) is 6.67. The van der Waals surface area contributed by atoms with Crippen LogP contribution in [0.25, 0.3) is 0 Å². The fourth-order valence-electron chi connectivity index (χ4n) is 6.50. The quantitative estimate of drug-likeness (QED) is 0.265. The Morgan fingerprint density at radius 3 is 2.00 bits per heavy atom. The van der Waals surface area contributed by atoms with Gasteiger partial charge in [0, 0.05) is 45.9 Å². The molecule has 1 saturated heterocycles. The third kappa shape index (κ3) is 5.87. The van der Waals surface area contributed by atoms with Crippen LogP contribution in [0.4, 0.5) is 0 Å². The molecule has 10 atom stereocenters. The van der Waals surface area contributed by atoms with Gasteiger partial charge in [-0.1, -0.05) is 13.0 Å². The van der Waals surface area contributed by atoms with E-state index in [1.807, 2.05) is 0 Å². The Hall–Kier alpha value is -2.96. The van der Waals surface area contributed by atoms with Crippen molar-refractivity contribution in [2.24, 2.45) is 17.3 Å². The minimum Gasteiger partial charge on any atom is -0.462 e. The van der Waals surface area contributed by atoms with E-state index in [0.717, 1.165) is 27.7 Å². The van der Waals surface area contributed by atoms with Crippen molar-refractivity contribution in [1.29, 1.82) is 0 Å². The van der Waals surface area contributed by atoms with E-state index in [9.17, 15) is 34.2 Å². The molecule has 2 fully saturated rings. The molecule has 1 saturated carbocycles. The van der Waals surface area contributed by atoms with Gasteiger partial charge in [0.15, 0.2) is 11.7 Å². The van der Waals surface area contributed by atoms with Crippen LogP contribution in [-0.2, 0) is 47.7 Å². The first-order valence-corrected chi connectivity index (χ1v) is 13.7. The van der Waals surface area contributed by atoms with Crippen LogP contribution >= 0.6 is 11.6 Å². The van der Waals surface area contributed by atoms with E-state index in [1.54, 1.807) is 0 Å². The average Bonchev–Trinajstić information content (AvgIpc) is 3.05. The van der Waals surface area contributed by atoms with Gasteiger partial charge in [-0.05, 0) is 31.6 Å². The molecule has 1 unspecified atom stereocenters. The van der Waals surface area contributed by atoms with Gasteiger partial charge >= 0.3 is 29.8 Å². The Kier molecular flexibility index (Phi) is 9.31. The van der Waals surface area contributed by atoms with Gasteiger partial charge in [-0.2, -0.15) is 0 Å². The molecule has 2 aliphatic carbocycles. The number of carbonyl (C=O) groups is 5. The molecule has 3 aliphatic rings. The topological polar surface area (TPSA) is 172 Å². The smallest absolute Gasteiger partial charge is 0.312 e. The molecule has 0 spiro atoms. The first kappa shape index (κ1) is 32.6. The second-order valence-corrected chi connectivity index (χ2v) is 11.5. The number of halogens is 1. The number of alkyl halides is 1. The van der Waals surface area contributed by atoms with Gasteiger partial charge in [0.05, 0.1) is 11.3 Å². The molecule has 228 valence electrons. The molecule has 0 bridgehead atoms. The van der Waals surface area contributed by atoms with Crippen molar-refractivity contribution in [3.05, 3.63) is 23.8 Å². The zero-order valence-electron chi connectivity index (χ0n) is 24.0. The van der Waals surface area contributed by atoms with Crippen molar-refractivity contribution in [3.63, 3.8) is 0 Å². The SMILES string of the molecule is CC(=O)O[C@@H]1[C@H]2[C@](C)(O)[C@H](OC(C)=O)C[C@H](OC(C)=O)[C@]2(C)[C@H](OC(C)=O)/C=C\C(CCl)=C/[C@@H]2OC(=O)[C@H](C)C21O. The average molecular weight is 601 g/mol. The molecule has 1 aliphatic heterocycles. The van der Waals surface area contributed by atoms with E-state index in [2.05, 4.69) is 0 Å². The lowest BCUT2D eigenvalue weighted by Gasteiger charge is -2.60. The maximum Gasteiger partial charge on any atom is 0.312 e. The summed E-state index contributed by atoms with van der Waals surface area (Å²) in [7, 11) is 0. The van der Waals surface area contributed by atoms with Crippen LogP contribution in [0.5, 0.6) is 0 Å². The molecule has 41 heavy (non-hydrogen) atoms. The number of esters is 5. The summed E-state index contributed by atoms with van der Waals surface area (Å²) in [6.07, 6.45) is -2.92. The highest BCUT2D eigenvalue weighted by molar-refractivity contribution is 6.19. The number of ether oxygens (including phenoxy) is 5. The molecule has 3 rings (SSSR count). The maximum absolute atomic E-state index is 12.9. The largest absolute Gasteiger partial charge is 0.462 e. The summed E-state index contributed by atoms with van der Waals surface area (Å²) in [4.78, 5) is 62.5. The van der Waals surface area contributed by atoms with Crippen molar-refractivity contribution in [1.82, 2.24) is 0 Å². The van der Waals surface area contributed by atoms with Gasteiger partial charge in [0.25, 0.3) is 0 Å². The number of rotatable bonds is 5. The summed E-state index contributed by atoms with van der Waals surface area (Å²) in [6.45, 7) is 8.72. The van der Waals surface area contributed by atoms with Gasteiger partial charge in [0.2, 0.25) is 0 Å². The van der Waals surface area contributed by atoms with Crippen molar-refractivity contribution in [2.75, 3.05) is 5.88 Å². The van der Waals surface area contributed by atoms with Crippen LogP contribution in [-0.4, -0.2) is 87.7 Å². The third-order valence-corrected chi connectivity index (χ3v) is 8.71. The number of aliphatic hydroxyl groups is 2. The van der Waals surface area contributed by atoms with Crippen LogP contribution in [0.2, 0.25) is 0 Å². The molecule has 1 heterocycles. The lowest BCUT2D eigenvalue weighted by Crippen LogP contribution is -2.74. The molecule has 13 heteroatoms. The summed E-state index contributed by atoms with van der Waals surface area (Å²) >= 11 is 6.17. The third-order valence-electron chi connectivity index (χ3n) is 8.40. The second kappa shape index (κ2) is 11.7. The Morgan fingerprint density at radius 2 is 1.49 bits per heavy atom. The van der Waals surface area contributed by atoms with E-state index < -0.39 is 88.8 Å². The summed E-state index contributed by atoms with van der Waals surface area (Å²) in [5.41, 5.74) is -5.76. The molecule has 0 aromatic rings. The number of hydrogen-bond acceptors (Lipinski definition) is 12. The molecule has 2 N–H and O–H groups in total. The first-order valence-electron chi connectivity index (χ1n) is 13.2. The van der Waals surface area contributed by atoms with Gasteiger partial charge in [-0.15, -0.1) is 11.6 Å². The van der Waals surface area contributed by atoms with Crippen LogP contribution in [0.15, 0.2) is 23.8 Å². The lowest BCUT2D eigenvalue weighted by atomic mass is 9.51. The standard InChI is InChI=1S/C28H37ClO12/c1-13-25(34)41-22-10-18(12-29)8-9-19(37-14(2)30)26(6)20(38-15(3)31)11-21(39-16(4)32)27(7,35)23(26)24(28(13,22)36)40-17(5)33/h8-10,13,19-24,35-36H,11-12H2,1-7H3/b9-8-,18-10+/t13-,19+,20-,21+,22-,23+,24+,26-,27+,28?/m0/s1. The highest BCUT2D eigenvalue weighted by Gasteiger charge is 2.72. The highest BCUT2D eigenvalue weighted by atomic mass is 35.5. The summed E-state index contributed by atoms with van der Waals surface area (Å²) < 4.78 is 28.2. The van der Waals surface area contributed by atoms with Crippen LogP contribution in [0.1, 0.15) is 54.9 Å². The summed E-state index contributed by atoms with van der Waals surface area (Å²) in [5, 5.41) is 24.7. The second-order valence-electron chi connectivity index (χ2n) is 11.3. The minimum atomic E-state index is -2.32. The van der Waals surface area contributed by atoms with Crippen LogP contribution in [0, 0.1) is 17.3 Å². The molecule has 12 nitrogen and oxygen atoms in total. The van der Waals surface area contributed by atoms with Crippen molar-refractivity contribution in [2.45, 2.75) is 96.6 Å². The highest BCUT2D eigenvalue weighted by Crippen LogP contribution is 2.57. The predicted molar refractivity (Wildman–Crippen MR) is 141 cm³/mol. The van der Waals surface area contributed by atoms with Gasteiger partial charge in [0.1, 0.15) is 30.0 Å². The predicted octanol–water partition coefficient (Wildman–Crippen LogP) is 1.52. The van der Waals surface area contributed by atoms with E-state index in [1.165, 1.54) is 39.0 Å². The van der Waals surface area contributed by atoms with E-state index in [0.29, 0.717) is 5.57 Å². The van der Waals surface area contributed by atoms with E-state index >= 15 is 0 Å². The molecule has 0 radical (unpaired) electrons. The molecule has 0 aromatic heterocycles. The summed E-state index contributed by atoms with van der Waals surface area (Å²) in [5.74, 6) is -6.86. The number of carbonyl (C=O) groups excluding carboxylic acids is 5.